The summed E-state index contributed by atoms with van der Waals surface area (Å²) in [5.41, 5.74) is 0. The monoisotopic (exact) mass is 256 g/mol. The van der Waals surface area contributed by atoms with Gasteiger partial charge in [-0.3, -0.25) is 9.59 Å². The molecule has 0 unspecified atom stereocenters. The molecule has 0 bridgehead atoms. The Balaban J connectivity index is 2.40. The number of methoxy groups -OCH3 is 1. The third-order valence-corrected chi connectivity index (χ3v) is 3.37. The smallest absolute Gasteiger partial charge is 0.325 e. The summed E-state index contributed by atoms with van der Waals surface area (Å²) < 4.78 is 4.61. The zero-order valence-electron chi connectivity index (χ0n) is 11.6. The van der Waals surface area contributed by atoms with Gasteiger partial charge in [0.1, 0.15) is 6.54 Å². The van der Waals surface area contributed by atoms with Crippen LogP contribution in [0.15, 0.2) is 0 Å². The van der Waals surface area contributed by atoms with Crippen LogP contribution in [0.4, 0.5) is 0 Å². The van der Waals surface area contributed by atoms with Crippen LogP contribution in [0.5, 0.6) is 0 Å². The number of nitrogens with one attached hydrogen (secondary N) is 1. The van der Waals surface area contributed by atoms with Gasteiger partial charge in [0.2, 0.25) is 5.91 Å². The largest absolute Gasteiger partial charge is 0.468 e. The molecule has 0 aliphatic heterocycles. The fourth-order valence-electron chi connectivity index (χ4n) is 2.23. The van der Waals surface area contributed by atoms with Crippen molar-refractivity contribution in [1.29, 1.82) is 0 Å². The lowest BCUT2D eigenvalue weighted by Crippen LogP contribution is -2.46. The normalized spacial score (nSPS) is 16.0. The number of rotatable bonds is 6. The molecule has 1 rings (SSSR count). The van der Waals surface area contributed by atoms with E-state index in [2.05, 4.69) is 10.1 Å². The van der Waals surface area contributed by atoms with Crippen LogP contribution in [0.2, 0.25) is 0 Å². The first kappa shape index (κ1) is 15.0. The van der Waals surface area contributed by atoms with Gasteiger partial charge >= 0.3 is 5.97 Å². The maximum Gasteiger partial charge on any atom is 0.325 e. The van der Waals surface area contributed by atoms with E-state index in [0.717, 1.165) is 12.8 Å². The molecule has 5 heteroatoms. The Labute approximate surface area is 109 Å². The zero-order valence-corrected chi connectivity index (χ0v) is 11.6. The summed E-state index contributed by atoms with van der Waals surface area (Å²) in [6.45, 7) is 4.13. The van der Waals surface area contributed by atoms with Crippen LogP contribution in [-0.2, 0) is 14.3 Å². The Kier molecular flexibility index (Phi) is 6.12. The second-order valence-electron chi connectivity index (χ2n) is 5.05. The molecule has 1 amide bonds. The summed E-state index contributed by atoms with van der Waals surface area (Å²) in [4.78, 5) is 24.9. The number of esters is 1. The molecule has 1 saturated carbocycles. The van der Waals surface area contributed by atoms with Gasteiger partial charge in [-0.25, -0.2) is 0 Å². The first-order chi connectivity index (χ1) is 8.54. The quantitative estimate of drug-likeness (QED) is 0.718. The average molecular weight is 256 g/mol. The molecule has 0 aromatic rings. The summed E-state index contributed by atoms with van der Waals surface area (Å²) in [5, 5.41) is 3.26. The Morgan fingerprint density at radius 3 is 2.44 bits per heavy atom. The third-order valence-electron chi connectivity index (χ3n) is 3.37. The highest BCUT2D eigenvalue weighted by Gasteiger charge is 2.22. The minimum absolute atomic E-state index is 0.00183. The molecular weight excluding hydrogens is 232 g/mol. The number of ether oxygens (including phenoxy) is 1. The van der Waals surface area contributed by atoms with Gasteiger partial charge in [0, 0.05) is 12.1 Å². The minimum Gasteiger partial charge on any atom is -0.468 e. The number of carbonyl (C=O) groups excluding carboxylic acids is 2. The molecule has 0 saturated heterocycles. The van der Waals surface area contributed by atoms with Crippen LogP contribution in [0.25, 0.3) is 0 Å². The molecule has 0 heterocycles. The SMILES string of the molecule is COC(=O)CN(C(=O)CNC1CCCC1)C(C)C. The number of carbonyl (C=O) groups is 2. The van der Waals surface area contributed by atoms with Crippen LogP contribution in [-0.4, -0.2) is 49.1 Å². The van der Waals surface area contributed by atoms with Gasteiger partial charge in [0.25, 0.3) is 0 Å². The van der Waals surface area contributed by atoms with Gasteiger partial charge in [-0.05, 0) is 26.7 Å². The molecule has 0 spiro atoms. The predicted octanol–water partition coefficient (Wildman–Crippen LogP) is 0.929. The Morgan fingerprint density at radius 1 is 1.33 bits per heavy atom. The van der Waals surface area contributed by atoms with E-state index in [1.165, 1.54) is 20.0 Å². The minimum atomic E-state index is -0.377. The van der Waals surface area contributed by atoms with E-state index < -0.39 is 0 Å². The van der Waals surface area contributed by atoms with Crippen LogP contribution in [0.1, 0.15) is 39.5 Å². The fraction of sp³-hybridized carbons (Fsp3) is 0.846. The first-order valence-electron chi connectivity index (χ1n) is 6.64. The van der Waals surface area contributed by atoms with Gasteiger partial charge in [0.05, 0.1) is 13.7 Å². The summed E-state index contributed by atoms with van der Waals surface area (Å²) in [7, 11) is 1.34. The third kappa shape index (κ3) is 4.64. The van der Waals surface area contributed by atoms with E-state index >= 15 is 0 Å². The summed E-state index contributed by atoms with van der Waals surface area (Å²) in [6.07, 6.45) is 4.77. The summed E-state index contributed by atoms with van der Waals surface area (Å²) >= 11 is 0. The molecule has 1 aliphatic rings. The predicted molar refractivity (Wildman–Crippen MR) is 69.1 cm³/mol. The summed E-state index contributed by atoms with van der Waals surface area (Å²) in [6, 6.07) is 0.461. The van der Waals surface area contributed by atoms with Crippen LogP contribution < -0.4 is 5.32 Å². The maximum absolute atomic E-state index is 12.0. The van der Waals surface area contributed by atoms with E-state index in [9.17, 15) is 9.59 Å². The van der Waals surface area contributed by atoms with Gasteiger partial charge in [-0.1, -0.05) is 12.8 Å². The number of hydrogen-bond acceptors (Lipinski definition) is 4. The van der Waals surface area contributed by atoms with Crippen molar-refractivity contribution in [1.82, 2.24) is 10.2 Å². The highest BCUT2D eigenvalue weighted by molar-refractivity contribution is 5.83. The number of amides is 1. The standard InChI is InChI=1S/C13H24N2O3/c1-10(2)15(9-13(17)18-3)12(16)8-14-11-6-4-5-7-11/h10-11,14H,4-9H2,1-3H3. The van der Waals surface area contributed by atoms with E-state index in [1.807, 2.05) is 13.8 Å². The lowest BCUT2D eigenvalue weighted by molar-refractivity contribution is -0.147. The van der Waals surface area contributed by atoms with E-state index in [1.54, 1.807) is 4.90 Å². The molecule has 1 N–H and O–H groups in total. The Hall–Kier alpha value is -1.10. The van der Waals surface area contributed by atoms with E-state index in [0.29, 0.717) is 12.6 Å². The summed E-state index contributed by atoms with van der Waals surface area (Å²) in [5.74, 6) is -0.416. The molecular formula is C13H24N2O3. The molecule has 5 nitrogen and oxygen atoms in total. The Bertz CT molecular complexity index is 286. The van der Waals surface area contributed by atoms with Crippen molar-refractivity contribution in [3.8, 4) is 0 Å². The van der Waals surface area contributed by atoms with Crippen LogP contribution >= 0.6 is 0 Å². The second kappa shape index (κ2) is 7.36. The van der Waals surface area contributed by atoms with Crippen LogP contribution in [0, 0.1) is 0 Å². The van der Waals surface area contributed by atoms with Crippen molar-refractivity contribution in [2.45, 2.75) is 51.6 Å². The molecule has 0 aromatic carbocycles. The maximum atomic E-state index is 12.0. The molecule has 1 fully saturated rings. The van der Waals surface area contributed by atoms with Crippen molar-refractivity contribution in [3.63, 3.8) is 0 Å². The average Bonchev–Trinajstić information content (AvgIpc) is 2.85. The van der Waals surface area contributed by atoms with Crippen LogP contribution in [0.3, 0.4) is 0 Å². The second-order valence-corrected chi connectivity index (χ2v) is 5.05. The highest BCUT2D eigenvalue weighted by atomic mass is 16.5. The van der Waals surface area contributed by atoms with Gasteiger partial charge < -0.3 is 15.0 Å². The van der Waals surface area contributed by atoms with Gasteiger partial charge in [0.15, 0.2) is 0 Å². The zero-order chi connectivity index (χ0) is 13.5. The topological polar surface area (TPSA) is 58.6 Å². The molecule has 104 valence electrons. The van der Waals surface area contributed by atoms with Gasteiger partial charge in [-0.2, -0.15) is 0 Å². The van der Waals surface area contributed by atoms with Crippen molar-refractivity contribution < 1.29 is 14.3 Å². The number of nitrogens with zero attached hydrogens (tertiary/aromatic N) is 1. The highest BCUT2D eigenvalue weighted by Crippen LogP contribution is 2.17. The van der Waals surface area contributed by atoms with E-state index in [4.69, 9.17) is 0 Å². The molecule has 0 atom stereocenters. The molecule has 18 heavy (non-hydrogen) atoms. The first-order valence-corrected chi connectivity index (χ1v) is 6.64. The van der Waals surface area contributed by atoms with Crippen molar-refractivity contribution >= 4 is 11.9 Å². The molecule has 0 aromatic heterocycles. The Morgan fingerprint density at radius 2 is 1.94 bits per heavy atom. The molecule has 1 aliphatic carbocycles. The lowest BCUT2D eigenvalue weighted by Gasteiger charge is -2.26. The fourth-order valence-corrected chi connectivity index (χ4v) is 2.23. The lowest BCUT2D eigenvalue weighted by atomic mass is 10.2. The number of hydrogen-bond donors (Lipinski definition) is 1. The van der Waals surface area contributed by atoms with Crippen molar-refractivity contribution in [3.05, 3.63) is 0 Å². The van der Waals surface area contributed by atoms with E-state index in [-0.39, 0.29) is 24.5 Å². The van der Waals surface area contributed by atoms with Crippen molar-refractivity contribution in [2.75, 3.05) is 20.2 Å². The molecule has 0 radical (unpaired) electrons. The van der Waals surface area contributed by atoms with Gasteiger partial charge in [-0.15, -0.1) is 0 Å². The van der Waals surface area contributed by atoms with Crippen molar-refractivity contribution in [2.24, 2.45) is 0 Å².